The summed E-state index contributed by atoms with van der Waals surface area (Å²) in [5, 5.41) is 0. The minimum atomic E-state index is -0.784. The van der Waals surface area contributed by atoms with Crippen LogP contribution in [0.1, 0.15) is 303 Å². The first-order valence-electron chi connectivity index (χ1n) is 29.8. The summed E-state index contributed by atoms with van der Waals surface area (Å²) in [6.07, 6.45) is 72.0. The molecule has 0 rings (SSSR count). The fourth-order valence-corrected chi connectivity index (χ4v) is 8.44. The van der Waals surface area contributed by atoms with Crippen LogP contribution in [0.5, 0.6) is 0 Å². The minimum absolute atomic E-state index is 0.0812. The maximum Gasteiger partial charge on any atom is 0.306 e. The third-order valence-corrected chi connectivity index (χ3v) is 13.0. The maximum atomic E-state index is 12.9. The van der Waals surface area contributed by atoms with Gasteiger partial charge in [-0.15, -0.1) is 0 Å². The second kappa shape index (κ2) is 57.7. The van der Waals surface area contributed by atoms with Crippen LogP contribution < -0.4 is 0 Å². The summed E-state index contributed by atoms with van der Waals surface area (Å²) in [6, 6.07) is 0. The highest BCUT2D eigenvalue weighted by atomic mass is 16.6. The van der Waals surface area contributed by atoms with Gasteiger partial charge in [-0.1, -0.05) is 236 Å². The summed E-state index contributed by atoms with van der Waals surface area (Å²) in [4.78, 5) is 38.2. The molecule has 0 saturated heterocycles. The summed E-state index contributed by atoms with van der Waals surface area (Å²) < 4.78 is 16.9. The average molecular weight is 966 g/mol. The van der Waals surface area contributed by atoms with Crippen LogP contribution >= 0.6 is 0 Å². The predicted octanol–water partition coefficient (Wildman–Crippen LogP) is 20.0. The number of rotatable bonds is 54. The van der Waals surface area contributed by atoms with Gasteiger partial charge in [0.05, 0.1) is 0 Å². The lowest BCUT2D eigenvalue weighted by molar-refractivity contribution is -0.167. The van der Waals surface area contributed by atoms with E-state index < -0.39 is 6.10 Å². The first-order valence-corrected chi connectivity index (χ1v) is 29.8. The minimum Gasteiger partial charge on any atom is -0.462 e. The van der Waals surface area contributed by atoms with Gasteiger partial charge in [-0.05, 0) is 109 Å². The van der Waals surface area contributed by atoms with Crippen LogP contribution in [0.25, 0.3) is 0 Å². The van der Waals surface area contributed by atoms with E-state index >= 15 is 0 Å². The molecule has 0 aliphatic carbocycles. The Balaban J connectivity index is 4.38. The number of carbonyl (C=O) groups is 3. The normalized spacial score (nSPS) is 12.4. The number of carbonyl (C=O) groups excluding carboxylic acids is 3. The lowest BCUT2D eigenvalue weighted by Crippen LogP contribution is -2.30. The molecule has 0 aromatic carbocycles. The van der Waals surface area contributed by atoms with E-state index in [1.807, 2.05) is 0 Å². The molecule has 0 fully saturated rings. The second-order valence-corrected chi connectivity index (χ2v) is 19.9. The fourth-order valence-electron chi connectivity index (χ4n) is 8.44. The van der Waals surface area contributed by atoms with E-state index in [0.717, 1.165) is 83.5 Å². The Morgan fingerprint density at radius 1 is 0.290 bits per heavy atom. The predicted molar refractivity (Wildman–Crippen MR) is 298 cm³/mol. The van der Waals surface area contributed by atoms with Gasteiger partial charge in [0.1, 0.15) is 13.2 Å². The largest absolute Gasteiger partial charge is 0.462 e. The molecule has 0 N–H and O–H groups in total. The standard InChI is InChI=1S/C63H112O6/c1-4-7-10-13-16-19-22-25-28-30-32-34-35-38-41-44-47-50-53-56-62(65)68-59-60(58-67-61(64)55-52-49-46-43-40-37-27-24-21-18-15-12-9-6-3)69-63(66)57-54-51-48-45-42-39-36-33-31-29-26-23-20-17-14-11-8-5-2/h16,19-20,23-25,27-29,31,60H,4-15,17-18,21-22,26,30,32-59H2,1-3H3/b19-16-,23-20-,27-24-,28-25-,31-29-. The van der Waals surface area contributed by atoms with Crippen molar-refractivity contribution < 1.29 is 28.6 Å². The van der Waals surface area contributed by atoms with Crippen LogP contribution in [-0.4, -0.2) is 37.2 Å². The molecule has 400 valence electrons. The van der Waals surface area contributed by atoms with Gasteiger partial charge in [0.15, 0.2) is 6.10 Å². The van der Waals surface area contributed by atoms with Crippen molar-refractivity contribution in [1.29, 1.82) is 0 Å². The van der Waals surface area contributed by atoms with Crippen LogP contribution in [0.3, 0.4) is 0 Å². The van der Waals surface area contributed by atoms with Gasteiger partial charge in [0.2, 0.25) is 0 Å². The van der Waals surface area contributed by atoms with Crippen molar-refractivity contribution in [1.82, 2.24) is 0 Å². The van der Waals surface area contributed by atoms with E-state index in [4.69, 9.17) is 14.2 Å². The number of unbranched alkanes of at least 4 members (excludes halogenated alkanes) is 33. The van der Waals surface area contributed by atoms with Crippen molar-refractivity contribution in [2.45, 2.75) is 309 Å². The second-order valence-electron chi connectivity index (χ2n) is 19.9. The molecule has 6 heteroatoms. The van der Waals surface area contributed by atoms with E-state index in [-0.39, 0.29) is 31.1 Å². The Hall–Kier alpha value is -2.89. The van der Waals surface area contributed by atoms with E-state index in [9.17, 15) is 14.4 Å². The van der Waals surface area contributed by atoms with E-state index in [1.54, 1.807) is 0 Å². The Kier molecular flexibility index (Phi) is 55.3. The molecule has 0 amide bonds. The molecule has 1 atom stereocenters. The van der Waals surface area contributed by atoms with Crippen LogP contribution in [-0.2, 0) is 28.6 Å². The van der Waals surface area contributed by atoms with Crippen molar-refractivity contribution in [3.8, 4) is 0 Å². The monoisotopic (exact) mass is 965 g/mol. The molecule has 1 unspecified atom stereocenters. The van der Waals surface area contributed by atoms with Gasteiger partial charge in [-0.3, -0.25) is 14.4 Å². The number of allylic oxidation sites excluding steroid dienone is 10. The molecule has 0 aliphatic heterocycles. The zero-order valence-electron chi connectivity index (χ0n) is 45.8. The van der Waals surface area contributed by atoms with E-state index in [1.165, 1.54) is 180 Å². The van der Waals surface area contributed by atoms with Gasteiger partial charge in [-0.2, -0.15) is 0 Å². The van der Waals surface area contributed by atoms with Crippen molar-refractivity contribution in [3.63, 3.8) is 0 Å². The Morgan fingerprint density at radius 3 is 0.855 bits per heavy atom. The number of hydrogen-bond acceptors (Lipinski definition) is 6. The maximum absolute atomic E-state index is 12.9. The van der Waals surface area contributed by atoms with Crippen LogP contribution in [0.4, 0.5) is 0 Å². The highest BCUT2D eigenvalue weighted by Crippen LogP contribution is 2.15. The summed E-state index contributed by atoms with van der Waals surface area (Å²) in [5.74, 6) is -0.889. The molecule has 0 aromatic rings. The average Bonchev–Trinajstić information content (AvgIpc) is 3.35. The van der Waals surface area contributed by atoms with Crippen molar-refractivity contribution in [2.24, 2.45) is 0 Å². The van der Waals surface area contributed by atoms with Crippen LogP contribution in [0.2, 0.25) is 0 Å². The number of esters is 3. The molecule has 0 spiro atoms. The molecule has 0 aliphatic rings. The van der Waals surface area contributed by atoms with Gasteiger partial charge in [-0.25, -0.2) is 0 Å². The molecule has 0 bridgehead atoms. The molecule has 6 nitrogen and oxygen atoms in total. The Morgan fingerprint density at radius 2 is 0.522 bits per heavy atom. The lowest BCUT2D eigenvalue weighted by atomic mass is 10.1. The zero-order chi connectivity index (χ0) is 50.0. The first kappa shape index (κ1) is 66.1. The number of ether oxygens (including phenoxy) is 3. The van der Waals surface area contributed by atoms with Crippen LogP contribution in [0, 0.1) is 0 Å². The highest BCUT2D eigenvalue weighted by Gasteiger charge is 2.19. The third-order valence-electron chi connectivity index (χ3n) is 13.0. The summed E-state index contributed by atoms with van der Waals surface area (Å²) >= 11 is 0. The quantitative estimate of drug-likeness (QED) is 0.0262. The van der Waals surface area contributed by atoms with Crippen LogP contribution in [0.15, 0.2) is 60.8 Å². The summed E-state index contributed by atoms with van der Waals surface area (Å²) in [5.41, 5.74) is 0. The molecule has 0 heterocycles. The molecular weight excluding hydrogens is 853 g/mol. The number of hydrogen-bond donors (Lipinski definition) is 0. The van der Waals surface area contributed by atoms with E-state index in [2.05, 4.69) is 81.5 Å². The first-order chi connectivity index (χ1) is 34.0. The smallest absolute Gasteiger partial charge is 0.306 e. The van der Waals surface area contributed by atoms with Crippen molar-refractivity contribution >= 4 is 17.9 Å². The van der Waals surface area contributed by atoms with Crippen molar-refractivity contribution in [3.05, 3.63) is 60.8 Å². The molecule has 0 radical (unpaired) electrons. The summed E-state index contributed by atoms with van der Waals surface area (Å²) in [6.45, 7) is 6.60. The summed E-state index contributed by atoms with van der Waals surface area (Å²) in [7, 11) is 0. The van der Waals surface area contributed by atoms with Crippen molar-refractivity contribution in [2.75, 3.05) is 13.2 Å². The SMILES string of the molecule is CCCCC/C=C\C/C=C\CCCCCCCCCCCC(=O)OCC(COC(=O)CCCCCCC/C=C\CCCCCCC)OC(=O)CCCCCCCCC/C=C\C/C=C\CCCCCC. The zero-order valence-corrected chi connectivity index (χ0v) is 45.8. The molecular formula is C63H112O6. The molecule has 0 aromatic heterocycles. The Bertz CT molecular complexity index is 1250. The van der Waals surface area contributed by atoms with Gasteiger partial charge in [0.25, 0.3) is 0 Å². The Labute approximate surface area is 428 Å². The van der Waals surface area contributed by atoms with Gasteiger partial charge < -0.3 is 14.2 Å². The molecule has 0 saturated carbocycles. The highest BCUT2D eigenvalue weighted by molar-refractivity contribution is 5.71. The van der Waals surface area contributed by atoms with Gasteiger partial charge in [0, 0.05) is 19.3 Å². The fraction of sp³-hybridized carbons (Fsp3) is 0.794. The van der Waals surface area contributed by atoms with Gasteiger partial charge >= 0.3 is 17.9 Å². The third kappa shape index (κ3) is 55.9. The topological polar surface area (TPSA) is 78.9 Å². The van der Waals surface area contributed by atoms with E-state index in [0.29, 0.717) is 19.3 Å². The lowest BCUT2D eigenvalue weighted by Gasteiger charge is -2.18. The molecule has 69 heavy (non-hydrogen) atoms.